The first-order chi connectivity index (χ1) is 6.27. The van der Waals surface area contributed by atoms with Gasteiger partial charge >= 0.3 is 0 Å². The SMILES string of the molecule is CC(=O)c1cnc(-c2ccsc2)s1. The molecule has 0 atom stereocenters. The summed E-state index contributed by atoms with van der Waals surface area (Å²) >= 11 is 3.08. The summed E-state index contributed by atoms with van der Waals surface area (Å²) in [5, 5.41) is 4.96. The van der Waals surface area contributed by atoms with Gasteiger partial charge in [0.15, 0.2) is 5.78 Å². The monoisotopic (exact) mass is 209 g/mol. The maximum atomic E-state index is 11.0. The van der Waals surface area contributed by atoms with E-state index in [0.717, 1.165) is 15.4 Å². The van der Waals surface area contributed by atoms with E-state index < -0.39 is 0 Å². The summed E-state index contributed by atoms with van der Waals surface area (Å²) < 4.78 is 0. The van der Waals surface area contributed by atoms with Crippen molar-refractivity contribution in [2.75, 3.05) is 0 Å². The van der Waals surface area contributed by atoms with E-state index in [9.17, 15) is 4.79 Å². The van der Waals surface area contributed by atoms with E-state index in [1.165, 1.54) is 11.3 Å². The zero-order valence-corrected chi connectivity index (χ0v) is 8.61. The first-order valence-corrected chi connectivity index (χ1v) is 5.52. The van der Waals surface area contributed by atoms with Crippen molar-refractivity contribution in [1.82, 2.24) is 4.98 Å². The number of nitrogens with zero attached hydrogens (tertiary/aromatic N) is 1. The van der Waals surface area contributed by atoms with E-state index in [1.54, 1.807) is 24.5 Å². The Bertz CT molecular complexity index is 417. The second kappa shape index (κ2) is 3.40. The minimum absolute atomic E-state index is 0.0824. The topological polar surface area (TPSA) is 30.0 Å². The molecule has 0 amide bonds. The fraction of sp³-hybridized carbons (Fsp3) is 0.111. The molecule has 13 heavy (non-hydrogen) atoms. The van der Waals surface area contributed by atoms with Crippen molar-refractivity contribution in [3.63, 3.8) is 0 Å². The lowest BCUT2D eigenvalue weighted by Crippen LogP contribution is -1.83. The molecule has 0 aliphatic rings. The third kappa shape index (κ3) is 1.68. The average molecular weight is 209 g/mol. The van der Waals surface area contributed by atoms with Crippen LogP contribution in [0.3, 0.4) is 0 Å². The largest absolute Gasteiger partial charge is 0.294 e. The Kier molecular flexibility index (Phi) is 2.24. The number of hydrogen-bond donors (Lipinski definition) is 0. The summed E-state index contributed by atoms with van der Waals surface area (Å²) in [5.74, 6) is 0.0824. The van der Waals surface area contributed by atoms with Crippen molar-refractivity contribution >= 4 is 28.5 Å². The summed E-state index contributed by atoms with van der Waals surface area (Å²) in [6, 6.07) is 2.01. The normalized spacial score (nSPS) is 10.2. The Morgan fingerprint density at radius 3 is 2.92 bits per heavy atom. The number of Topliss-reactive ketones (excluding diaryl/α,β-unsaturated/α-hetero) is 1. The average Bonchev–Trinajstić information content (AvgIpc) is 2.75. The number of hydrogen-bond acceptors (Lipinski definition) is 4. The Morgan fingerprint density at radius 2 is 2.38 bits per heavy atom. The predicted octanol–water partition coefficient (Wildman–Crippen LogP) is 3.07. The molecule has 2 aromatic rings. The number of thiazole rings is 1. The van der Waals surface area contributed by atoms with Crippen molar-refractivity contribution in [1.29, 1.82) is 0 Å². The maximum absolute atomic E-state index is 11.0. The van der Waals surface area contributed by atoms with Crippen molar-refractivity contribution in [3.05, 3.63) is 27.9 Å². The van der Waals surface area contributed by atoms with Crippen molar-refractivity contribution in [2.45, 2.75) is 6.92 Å². The lowest BCUT2D eigenvalue weighted by molar-refractivity contribution is 0.102. The quantitative estimate of drug-likeness (QED) is 0.711. The van der Waals surface area contributed by atoms with Crippen LogP contribution in [0.1, 0.15) is 16.6 Å². The Balaban J connectivity index is 2.39. The van der Waals surface area contributed by atoms with Crippen molar-refractivity contribution in [3.8, 4) is 10.6 Å². The number of ketones is 1. The van der Waals surface area contributed by atoms with Gasteiger partial charge in [0.25, 0.3) is 0 Å². The van der Waals surface area contributed by atoms with Gasteiger partial charge in [-0.15, -0.1) is 11.3 Å². The van der Waals surface area contributed by atoms with Crippen LogP contribution in [0.5, 0.6) is 0 Å². The molecule has 0 unspecified atom stereocenters. The molecule has 0 radical (unpaired) electrons. The van der Waals surface area contributed by atoms with Gasteiger partial charge in [-0.1, -0.05) is 0 Å². The first kappa shape index (κ1) is 8.59. The summed E-state index contributed by atoms with van der Waals surface area (Å²) in [6.07, 6.45) is 1.64. The zero-order valence-electron chi connectivity index (χ0n) is 6.98. The first-order valence-electron chi connectivity index (χ1n) is 3.76. The molecule has 2 rings (SSSR count). The molecule has 0 bridgehead atoms. The molecular weight excluding hydrogens is 202 g/mol. The molecule has 0 N–H and O–H groups in total. The van der Waals surface area contributed by atoms with Gasteiger partial charge in [-0.2, -0.15) is 11.3 Å². The Morgan fingerprint density at radius 1 is 1.54 bits per heavy atom. The minimum atomic E-state index is 0.0824. The molecule has 4 heteroatoms. The van der Waals surface area contributed by atoms with Crippen LogP contribution in [0.4, 0.5) is 0 Å². The van der Waals surface area contributed by atoms with Gasteiger partial charge in [0.05, 0.1) is 4.88 Å². The summed E-state index contributed by atoms with van der Waals surface area (Å²) in [7, 11) is 0. The second-order valence-corrected chi connectivity index (χ2v) is 4.41. The Hall–Kier alpha value is -1.00. The highest BCUT2D eigenvalue weighted by Crippen LogP contribution is 2.26. The molecule has 0 fully saturated rings. The molecule has 0 spiro atoms. The number of carbonyl (C=O) groups is 1. The van der Waals surface area contributed by atoms with Gasteiger partial charge in [-0.05, 0) is 11.4 Å². The molecule has 0 aromatic carbocycles. The predicted molar refractivity (Wildman–Crippen MR) is 55.4 cm³/mol. The van der Waals surface area contributed by atoms with E-state index in [-0.39, 0.29) is 5.78 Å². The van der Waals surface area contributed by atoms with Crippen molar-refractivity contribution < 1.29 is 4.79 Å². The highest BCUT2D eigenvalue weighted by molar-refractivity contribution is 7.17. The lowest BCUT2D eigenvalue weighted by atomic mass is 10.4. The number of carbonyl (C=O) groups excluding carboxylic acids is 1. The van der Waals surface area contributed by atoms with Crippen LogP contribution < -0.4 is 0 Å². The molecule has 0 saturated heterocycles. The Labute approximate surface area is 83.9 Å². The molecular formula is C9H7NOS2. The van der Waals surface area contributed by atoms with Crippen LogP contribution in [0, 0.1) is 0 Å². The fourth-order valence-corrected chi connectivity index (χ4v) is 2.48. The number of rotatable bonds is 2. The molecule has 2 aromatic heterocycles. The van der Waals surface area contributed by atoms with E-state index in [0.29, 0.717) is 0 Å². The van der Waals surface area contributed by atoms with E-state index in [4.69, 9.17) is 0 Å². The third-order valence-electron chi connectivity index (χ3n) is 1.62. The lowest BCUT2D eigenvalue weighted by Gasteiger charge is -1.85. The summed E-state index contributed by atoms with van der Waals surface area (Å²) in [5.41, 5.74) is 1.10. The van der Waals surface area contributed by atoms with Gasteiger partial charge in [0.2, 0.25) is 0 Å². The van der Waals surface area contributed by atoms with E-state index in [1.807, 2.05) is 16.8 Å². The second-order valence-electron chi connectivity index (χ2n) is 2.60. The van der Waals surface area contributed by atoms with Crippen LogP contribution in [-0.2, 0) is 0 Å². The maximum Gasteiger partial charge on any atom is 0.171 e. The standard InChI is InChI=1S/C9H7NOS2/c1-6(11)8-4-10-9(13-8)7-2-3-12-5-7/h2-5H,1H3. The van der Waals surface area contributed by atoms with Gasteiger partial charge in [0.1, 0.15) is 5.01 Å². The van der Waals surface area contributed by atoms with Crippen LogP contribution in [-0.4, -0.2) is 10.8 Å². The van der Waals surface area contributed by atoms with Gasteiger partial charge in [-0.25, -0.2) is 4.98 Å². The fourth-order valence-electron chi connectivity index (χ4n) is 0.956. The number of aromatic nitrogens is 1. The van der Waals surface area contributed by atoms with Crippen LogP contribution >= 0.6 is 22.7 Å². The molecule has 2 heterocycles. The van der Waals surface area contributed by atoms with Crippen LogP contribution in [0.25, 0.3) is 10.6 Å². The van der Waals surface area contributed by atoms with Gasteiger partial charge in [0, 0.05) is 24.1 Å². The highest BCUT2D eigenvalue weighted by atomic mass is 32.1. The summed E-state index contributed by atoms with van der Waals surface area (Å²) in [6.45, 7) is 1.56. The van der Waals surface area contributed by atoms with E-state index >= 15 is 0 Å². The molecule has 2 nitrogen and oxygen atoms in total. The van der Waals surface area contributed by atoms with Gasteiger partial charge < -0.3 is 0 Å². The molecule has 0 aliphatic heterocycles. The number of thiophene rings is 1. The zero-order chi connectivity index (χ0) is 9.26. The summed E-state index contributed by atoms with van der Waals surface area (Å²) in [4.78, 5) is 15.9. The van der Waals surface area contributed by atoms with Crippen LogP contribution in [0.2, 0.25) is 0 Å². The molecule has 0 aliphatic carbocycles. The van der Waals surface area contributed by atoms with Gasteiger partial charge in [-0.3, -0.25) is 4.79 Å². The van der Waals surface area contributed by atoms with E-state index in [2.05, 4.69) is 4.98 Å². The third-order valence-corrected chi connectivity index (χ3v) is 3.45. The highest BCUT2D eigenvalue weighted by Gasteiger charge is 2.07. The molecule has 0 saturated carbocycles. The smallest absolute Gasteiger partial charge is 0.171 e. The van der Waals surface area contributed by atoms with Crippen LogP contribution in [0.15, 0.2) is 23.0 Å². The minimum Gasteiger partial charge on any atom is -0.294 e. The molecule has 66 valence electrons. The van der Waals surface area contributed by atoms with Crippen molar-refractivity contribution in [2.24, 2.45) is 0 Å².